The molecule has 0 aliphatic heterocycles. The van der Waals surface area contributed by atoms with Crippen LogP contribution in [0.5, 0.6) is 0 Å². The predicted octanol–water partition coefficient (Wildman–Crippen LogP) is 0.511. The second kappa shape index (κ2) is 5.62. The summed E-state index contributed by atoms with van der Waals surface area (Å²) in [6.45, 7) is 1.34. The molecule has 0 aliphatic carbocycles. The molecule has 15 heavy (non-hydrogen) atoms. The van der Waals surface area contributed by atoms with Crippen LogP contribution >= 0.6 is 0 Å². The molecule has 0 atom stereocenters. The molecule has 1 amide bonds. The van der Waals surface area contributed by atoms with Gasteiger partial charge in [0.2, 0.25) is 5.91 Å². The summed E-state index contributed by atoms with van der Waals surface area (Å²) >= 11 is 0. The van der Waals surface area contributed by atoms with Crippen LogP contribution in [0, 0.1) is 0 Å². The van der Waals surface area contributed by atoms with Gasteiger partial charge in [0.15, 0.2) is 0 Å². The third-order valence-electron chi connectivity index (χ3n) is 1.47. The Kier molecular flexibility index (Phi) is 5.47. The second-order valence-corrected chi connectivity index (χ2v) is 4.10. The van der Waals surface area contributed by atoms with E-state index in [1.165, 1.54) is 31.2 Å². The Morgan fingerprint density at radius 1 is 1.27 bits per heavy atom. The SMILES string of the molecule is CC(=O)Nc1ccc(S(=O)(=O)O)cc1.[Na]. The van der Waals surface area contributed by atoms with Gasteiger partial charge in [0.1, 0.15) is 0 Å². The molecular weight excluding hydrogens is 229 g/mol. The number of nitrogens with one attached hydrogen (secondary N) is 1. The first-order chi connectivity index (χ1) is 6.39. The van der Waals surface area contributed by atoms with Crippen LogP contribution in [-0.2, 0) is 14.9 Å². The van der Waals surface area contributed by atoms with Crippen LogP contribution in [0.4, 0.5) is 5.69 Å². The van der Waals surface area contributed by atoms with Gasteiger partial charge in [-0.05, 0) is 24.3 Å². The molecule has 1 aromatic rings. The van der Waals surface area contributed by atoms with Crippen molar-refractivity contribution in [2.75, 3.05) is 5.32 Å². The summed E-state index contributed by atoms with van der Waals surface area (Å²) in [5, 5.41) is 2.47. The van der Waals surface area contributed by atoms with Crippen LogP contribution in [0.2, 0.25) is 0 Å². The molecule has 1 rings (SSSR count). The normalized spacial score (nSPS) is 10.3. The molecule has 0 aromatic heterocycles. The van der Waals surface area contributed by atoms with Gasteiger partial charge in [-0.3, -0.25) is 9.35 Å². The third-order valence-corrected chi connectivity index (χ3v) is 2.34. The molecule has 0 saturated carbocycles. The molecule has 0 heterocycles. The molecule has 5 nitrogen and oxygen atoms in total. The van der Waals surface area contributed by atoms with Crippen molar-refractivity contribution in [1.29, 1.82) is 0 Å². The summed E-state index contributed by atoms with van der Waals surface area (Å²) in [5.41, 5.74) is 0.477. The fraction of sp³-hybridized carbons (Fsp3) is 0.125. The maximum Gasteiger partial charge on any atom is 0.294 e. The Morgan fingerprint density at radius 3 is 2.07 bits per heavy atom. The topological polar surface area (TPSA) is 83.5 Å². The van der Waals surface area contributed by atoms with E-state index in [-0.39, 0.29) is 40.4 Å². The van der Waals surface area contributed by atoms with Gasteiger partial charge >= 0.3 is 0 Å². The smallest absolute Gasteiger partial charge is 0.294 e. The van der Waals surface area contributed by atoms with Crippen molar-refractivity contribution in [2.24, 2.45) is 0 Å². The fourth-order valence-corrected chi connectivity index (χ4v) is 1.39. The zero-order valence-electron chi connectivity index (χ0n) is 8.39. The Bertz CT molecular complexity index is 440. The number of amides is 1. The van der Waals surface area contributed by atoms with E-state index in [1.807, 2.05) is 0 Å². The molecule has 0 aliphatic rings. The molecule has 0 bridgehead atoms. The molecule has 1 aromatic carbocycles. The van der Waals surface area contributed by atoms with Gasteiger partial charge in [0, 0.05) is 42.2 Å². The number of hydrogen-bond acceptors (Lipinski definition) is 3. The minimum Gasteiger partial charge on any atom is -0.326 e. The number of hydrogen-bond donors (Lipinski definition) is 2. The molecule has 2 N–H and O–H groups in total. The molecule has 1 radical (unpaired) electrons. The molecule has 0 unspecified atom stereocenters. The van der Waals surface area contributed by atoms with Crippen molar-refractivity contribution in [3.63, 3.8) is 0 Å². The molecular formula is C8H9NNaO4S. The van der Waals surface area contributed by atoms with Crippen molar-refractivity contribution in [1.82, 2.24) is 0 Å². The van der Waals surface area contributed by atoms with Gasteiger partial charge < -0.3 is 5.32 Å². The van der Waals surface area contributed by atoms with Crippen LogP contribution in [0.3, 0.4) is 0 Å². The van der Waals surface area contributed by atoms with E-state index in [2.05, 4.69) is 5.32 Å². The molecule has 7 heteroatoms. The molecule has 0 saturated heterocycles. The molecule has 0 spiro atoms. The molecule has 0 fully saturated rings. The first-order valence-electron chi connectivity index (χ1n) is 3.75. The Labute approximate surface area is 110 Å². The van der Waals surface area contributed by atoms with Gasteiger partial charge in [-0.15, -0.1) is 0 Å². The third kappa shape index (κ3) is 4.76. The van der Waals surface area contributed by atoms with E-state index in [0.717, 1.165) is 0 Å². The Balaban J connectivity index is 0.00000196. The number of benzene rings is 1. The summed E-state index contributed by atoms with van der Waals surface area (Å²) in [6, 6.07) is 5.20. The van der Waals surface area contributed by atoms with E-state index in [1.54, 1.807) is 0 Å². The number of rotatable bonds is 2. The average molecular weight is 238 g/mol. The van der Waals surface area contributed by atoms with Crippen LogP contribution in [0.1, 0.15) is 6.92 Å². The van der Waals surface area contributed by atoms with Gasteiger partial charge in [0.05, 0.1) is 4.90 Å². The monoisotopic (exact) mass is 238 g/mol. The maximum atomic E-state index is 10.6. The van der Waals surface area contributed by atoms with Crippen LogP contribution < -0.4 is 5.32 Å². The second-order valence-electron chi connectivity index (χ2n) is 2.68. The van der Waals surface area contributed by atoms with Crippen LogP contribution in [-0.4, -0.2) is 48.4 Å². The average Bonchev–Trinajstić information content (AvgIpc) is 2.02. The number of anilines is 1. The summed E-state index contributed by atoms with van der Waals surface area (Å²) in [4.78, 5) is 10.4. The van der Waals surface area contributed by atoms with Crippen molar-refractivity contribution in [3.8, 4) is 0 Å². The quantitative estimate of drug-likeness (QED) is 0.581. The standard InChI is InChI=1S/C8H9NO4S.Na/c1-6(10)9-7-2-4-8(5-3-7)14(11,12)13;/h2-5H,1H3,(H,9,10)(H,11,12,13);. The van der Waals surface area contributed by atoms with Gasteiger partial charge in [-0.1, -0.05) is 0 Å². The van der Waals surface area contributed by atoms with Gasteiger partial charge in [0.25, 0.3) is 10.1 Å². The zero-order valence-corrected chi connectivity index (χ0v) is 11.2. The van der Waals surface area contributed by atoms with E-state index in [4.69, 9.17) is 4.55 Å². The first-order valence-corrected chi connectivity index (χ1v) is 5.19. The van der Waals surface area contributed by atoms with E-state index >= 15 is 0 Å². The minimum absolute atomic E-state index is 0. The zero-order chi connectivity index (χ0) is 10.8. The first kappa shape index (κ1) is 14.6. The maximum absolute atomic E-state index is 10.6. The Hall–Kier alpha value is -0.400. The van der Waals surface area contributed by atoms with E-state index < -0.39 is 10.1 Å². The molecule has 77 valence electrons. The van der Waals surface area contributed by atoms with Gasteiger partial charge in [-0.2, -0.15) is 8.42 Å². The van der Waals surface area contributed by atoms with E-state index in [9.17, 15) is 13.2 Å². The summed E-state index contributed by atoms with van der Waals surface area (Å²) in [7, 11) is -4.16. The number of carbonyl (C=O) groups is 1. The largest absolute Gasteiger partial charge is 0.326 e. The van der Waals surface area contributed by atoms with E-state index in [0.29, 0.717) is 5.69 Å². The van der Waals surface area contributed by atoms with Crippen molar-refractivity contribution in [3.05, 3.63) is 24.3 Å². The number of carbonyl (C=O) groups excluding carboxylic acids is 1. The predicted molar refractivity (Wildman–Crippen MR) is 56.3 cm³/mol. The summed E-state index contributed by atoms with van der Waals surface area (Å²) < 4.78 is 29.9. The Morgan fingerprint density at radius 2 is 1.73 bits per heavy atom. The van der Waals surface area contributed by atoms with Gasteiger partial charge in [-0.25, -0.2) is 0 Å². The fourth-order valence-electron chi connectivity index (χ4n) is 0.914. The minimum atomic E-state index is -4.16. The van der Waals surface area contributed by atoms with Crippen LogP contribution in [0.25, 0.3) is 0 Å². The van der Waals surface area contributed by atoms with Crippen molar-refractivity contribution < 1.29 is 17.8 Å². The van der Waals surface area contributed by atoms with Crippen LogP contribution in [0.15, 0.2) is 29.2 Å². The summed E-state index contributed by atoms with van der Waals surface area (Å²) in [5.74, 6) is -0.246. The summed E-state index contributed by atoms with van der Waals surface area (Å²) in [6.07, 6.45) is 0. The van der Waals surface area contributed by atoms with Crippen molar-refractivity contribution in [2.45, 2.75) is 11.8 Å². The van der Waals surface area contributed by atoms with Crippen molar-refractivity contribution >= 4 is 51.3 Å².